The Hall–Kier alpha value is -5.08. The fourth-order valence-electron chi connectivity index (χ4n) is 9.56. The summed E-state index contributed by atoms with van der Waals surface area (Å²) in [6.07, 6.45) is 4.76. The molecular weight excluding hydrogens is 755 g/mol. The molecule has 3 aromatic carbocycles. The van der Waals surface area contributed by atoms with Gasteiger partial charge < -0.3 is 24.4 Å². The van der Waals surface area contributed by atoms with Crippen LogP contribution < -0.4 is 20.2 Å². The molecule has 2 aliphatic heterocycles. The fourth-order valence-corrected chi connectivity index (χ4v) is 9.56. The highest BCUT2D eigenvalue weighted by molar-refractivity contribution is 5.59. The second-order valence-corrected chi connectivity index (χ2v) is 18.1. The maximum absolute atomic E-state index is 15.8. The van der Waals surface area contributed by atoms with Gasteiger partial charge in [0.15, 0.2) is 0 Å². The summed E-state index contributed by atoms with van der Waals surface area (Å²) < 4.78 is 48.0. The van der Waals surface area contributed by atoms with Crippen molar-refractivity contribution in [2.45, 2.75) is 105 Å². The molecule has 2 aliphatic rings. The van der Waals surface area contributed by atoms with Crippen LogP contribution in [-0.2, 0) is 10.3 Å². The van der Waals surface area contributed by atoms with Crippen LogP contribution >= 0.6 is 0 Å². The highest BCUT2D eigenvalue weighted by atomic mass is 19.1. The van der Waals surface area contributed by atoms with Crippen LogP contribution in [0.15, 0.2) is 72.3 Å². The number of aromatic nitrogens is 6. The van der Waals surface area contributed by atoms with Gasteiger partial charge in [0.2, 0.25) is 0 Å². The van der Waals surface area contributed by atoms with Gasteiger partial charge in [0.05, 0.1) is 36.1 Å². The van der Waals surface area contributed by atoms with E-state index in [2.05, 4.69) is 50.1 Å². The normalized spacial score (nSPS) is 21.2. The highest BCUT2D eigenvalue weighted by Crippen LogP contribution is 2.51. The molecule has 14 heteroatoms. The van der Waals surface area contributed by atoms with Gasteiger partial charge in [-0.1, -0.05) is 20.8 Å². The van der Waals surface area contributed by atoms with Gasteiger partial charge in [0.1, 0.15) is 42.0 Å². The van der Waals surface area contributed by atoms with Crippen LogP contribution in [0.25, 0.3) is 5.69 Å². The molecule has 2 aromatic heterocycles. The summed E-state index contributed by atoms with van der Waals surface area (Å²) in [5.74, 6) is -0.555. The summed E-state index contributed by atoms with van der Waals surface area (Å²) in [5.41, 5.74) is 2.36. The Morgan fingerprint density at radius 3 is 2.17 bits per heavy atom. The number of hydrogen-bond donors (Lipinski definition) is 1. The van der Waals surface area contributed by atoms with E-state index in [-0.39, 0.29) is 17.7 Å². The molecule has 0 spiro atoms. The molecule has 316 valence electrons. The molecule has 0 radical (unpaired) electrons. The molecule has 1 N–H and O–H groups in total. The van der Waals surface area contributed by atoms with E-state index >= 15 is 4.39 Å². The zero-order valence-corrected chi connectivity index (χ0v) is 35.9. The minimum Gasteiger partial charge on any atom is -0.493 e. The summed E-state index contributed by atoms with van der Waals surface area (Å²) in [6.45, 7) is 22.5. The third-order valence-corrected chi connectivity index (χ3v) is 12.5. The average Bonchev–Trinajstić information content (AvgIpc) is 3.92. The van der Waals surface area contributed by atoms with Gasteiger partial charge in [-0.25, -0.2) is 32.5 Å². The van der Waals surface area contributed by atoms with E-state index < -0.39 is 40.3 Å². The van der Waals surface area contributed by atoms with Gasteiger partial charge in [0, 0.05) is 55.1 Å². The summed E-state index contributed by atoms with van der Waals surface area (Å²) in [6, 6.07) is 14.2. The van der Waals surface area contributed by atoms with Crippen LogP contribution in [0.2, 0.25) is 0 Å². The van der Waals surface area contributed by atoms with Crippen molar-refractivity contribution in [3.05, 3.63) is 112 Å². The molecule has 5 atom stereocenters. The Bertz CT molecular complexity index is 2310. The molecule has 5 aromatic rings. The average molecular weight is 813 g/mol. The van der Waals surface area contributed by atoms with Crippen molar-refractivity contribution >= 4 is 11.4 Å². The van der Waals surface area contributed by atoms with Gasteiger partial charge in [0.25, 0.3) is 0 Å². The van der Waals surface area contributed by atoms with E-state index in [0.717, 1.165) is 60.6 Å². The predicted octanol–water partition coefficient (Wildman–Crippen LogP) is 7.47. The van der Waals surface area contributed by atoms with Gasteiger partial charge in [-0.2, -0.15) is 10.2 Å². The van der Waals surface area contributed by atoms with Crippen LogP contribution in [0.5, 0.6) is 5.75 Å². The van der Waals surface area contributed by atoms with E-state index in [1.807, 2.05) is 58.9 Å². The van der Waals surface area contributed by atoms with Crippen molar-refractivity contribution in [3.63, 3.8) is 0 Å². The molecule has 59 heavy (non-hydrogen) atoms. The lowest BCUT2D eigenvalue weighted by Crippen LogP contribution is -2.46. The van der Waals surface area contributed by atoms with E-state index in [9.17, 15) is 14.3 Å². The number of rotatable bonds is 11. The molecule has 2 saturated heterocycles. The quantitative estimate of drug-likeness (QED) is 0.145. The summed E-state index contributed by atoms with van der Waals surface area (Å²) in [5, 5.41) is 19.7. The van der Waals surface area contributed by atoms with Crippen molar-refractivity contribution < 1.29 is 23.4 Å². The summed E-state index contributed by atoms with van der Waals surface area (Å²) in [7, 11) is 0. The second-order valence-electron chi connectivity index (χ2n) is 18.1. The SMILES string of the molecule is Cc1cc(-n2cnn([C@@H](C(C)(C)C)C(C)(C)O)c2=O)ccc1N1CCN(c2ccc(OC[C@H]3C[C@@](c4c(F)cc(F)c(C)c4C)(C(C)n4cncn4)OC3C)cc2)CC1. The zero-order valence-electron chi connectivity index (χ0n) is 35.9. The fraction of sp³-hybridized carbons (Fsp3) is 0.511. The molecule has 12 nitrogen and oxygen atoms in total. The van der Waals surface area contributed by atoms with Crippen molar-refractivity contribution in [3.8, 4) is 11.4 Å². The third-order valence-electron chi connectivity index (χ3n) is 12.5. The Morgan fingerprint density at radius 1 is 0.898 bits per heavy atom. The Balaban J connectivity index is 0.984. The highest BCUT2D eigenvalue weighted by Gasteiger charge is 2.53. The monoisotopic (exact) mass is 812 g/mol. The van der Waals surface area contributed by atoms with Crippen LogP contribution in [0.1, 0.15) is 89.2 Å². The Labute approximate surface area is 345 Å². The number of anilines is 2. The number of ether oxygens (including phenoxy) is 2. The molecule has 4 heterocycles. The Morgan fingerprint density at radius 2 is 1.56 bits per heavy atom. The molecule has 0 amide bonds. The van der Waals surface area contributed by atoms with Gasteiger partial charge in [-0.15, -0.1) is 0 Å². The van der Waals surface area contributed by atoms with Crippen molar-refractivity contribution in [2.75, 3.05) is 42.6 Å². The lowest BCUT2D eigenvalue weighted by atomic mass is 9.78. The van der Waals surface area contributed by atoms with E-state index in [4.69, 9.17) is 9.47 Å². The van der Waals surface area contributed by atoms with E-state index in [1.165, 1.54) is 17.3 Å². The van der Waals surface area contributed by atoms with Gasteiger partial charge in [-0.05, 0) is 119 Å². The van der Waals surface area contributed by atoms with Crippen molar-refractivity contribution in [1.82, 2.24) is 29.1 Å². The summed E-state index contributed by atoms with van der Waals surface area (Å²) in [4.78, 5) is 22.4. The molecule has 2 unspecified atom stereocenters. The number of aliphatic hydroxyl groups is 1. The largest absolute Gasteiger partial charge is 0.493 e. The smallest absolute Gasteiger partial charge is 0.350 e. The first-order valence-corrected chi connectivity index (χ1v) is 20.5. The molecule has 0 saturated carbocycles. The summed E-state index contributed by atoms with van der Waals surface area (Å²) >= 11 is 0. The maximum Gasteiger partial charge on any atom is 0.350 e. The molecule has 2 fully saturated rings. The van der Waals surface area contributed by atoms with Crippen molar-refractivity contribution in [2.24, 2.45) is 11.3 Å². The van der Waals surface area contributed by atoms with Crippen molar-refractivity contribution in [1.29, 1.82) is 0 Å². The molecule has 0 aliphatic carbocycles. The number of aryl methyl sites for hydroxylation is 1. The molecule has 0 bridgehead atoms. The third kappa shape index (κ3) is 8.01. The van der Waals surface area contributed by atoms with Gasteiger partial charge >= 0.3 is 5.69 Å². The van der Waals surface area contributed by atoms with Crippen LogP contribution in [-0.4, -0.2) is 78.7 Å². The number of halogens is 2. The number of benzene rings is 3. The van der Waals surface area contributed by atoms with Gasteiger partial charge in [-0.3, -0.25) is 0 Å². The van der Waals surface area contributed by atoms with Crippen LogP contribution in [0.3, 0.4) is 0 Å². The Kier molecular flexibility index (Phi) is 11.3. The predicted molar refractivity (Wildman–Crippen MR) is 225 cm³/mol. The lowest BCUT2D eigenvalue weighted by Gasteiger charge is -2.38. The van der Waals surface area contributed by atoms with E-state index in [1.54, 1.807) is 43.3 Å². The number of piperazine rings is 1. The minimum atomic E-state index is -1.15. The molecular formula is C45H58F2N8O4. The first-order valence-electron chi connectivity index (χ1n) is 20.5. The van der Waals surface area contributed by atoms with Crippen LogP contribution in [0.4, 0.5) is 20.2 Å². The first-order chi connectivity index (χ1) is 27.8. The second kappa shape index (κ2) is 15.8. The first kappa shape index (κ1) is 42.1. The number of nitrogens with zero attached hydrogens (tertiary/aromatic N) is 8. The minimum absolute atomic E-state index is 0.0754. The number of hydrogen-bond acceptors (Lipinski definition) is 9. The molecule has 7 rings (SSSR count). The maximum atomic E-state index is 15.8. The zero-order chi connectivity index (χ0) is 42.6. The topological polar surface area (TPSA) is 116 Å². The van der Waals surface area contributed by atoms with Crippen LogP contribution in [0, 0.1) is 43.7 Å². The van der Waals surface area contributed by atoms with E-state index in [0.29, 0.717) is 29.7 Å². The lowest BCUT2D eigenvalue weighted by molar-refractivity contribution is -0.0787. The standard InChI is InChI=1S/C45H58F2N8O4/c1-28-21-35(53-27-50-55(42(53)56)41(43(6,7)8)44(9,10)57)13-16-39(28)52-19-17-51(18-20-52)34-11-14-36(15-12-34)58-24-33-23-45(59-31(33)4,32(5)54-26-48-25-49-54)40-30(3)29(2)37(46)22-38(40)47/h11-16,21-22,25-27,31-33,41,57H,17-20,23-24H2,1-10H3/t31?,32?,33-,41+,45+/m1/s1.